The number of hydrogen-bond acceptors (Lipinski definition) is 6. The van der Waals surface area contributed by atoms with Gasteiger partial charge in [0, 0.05) is 31.3 Å². The summed E-state index contributed by atoms with van der Waals surface area (Å²) in [5.74, 6) is 0.344. The van der Waals surface area contributed by atoms with Crippen molar-refractivity contribution in [2.45, 2.75) is 11.4 Å². The molecule has 0 saturated carbocycles. The van der Waals surface area contributed by atoms with E-state index in [0.29, 0.717) is 11.4 Å². The molecule has 0 radical (unpaired) electrons. The smallest absolute Gasteiger partial charge is 0.270 e. The van der Waals surface area contributed by atoms with Gasteiger partial charge < -0.3 is 5.73 Å². The fourth-order valence-electron chi connectivity index (χ4n) is 1.65. The van der Waals surface area contributed by atoms with E-state index in [2.05, 4.69) is 9.82 Å². The SMILES string of the molecule is Cn1ncc(CNS(=O)(=O)c2cccc([N+](=O)[O-])c2)c1N. The average Bonchev–Trinajstić information content (AvgIpc) is 2.77. The molecular formula is C11H13N5O4S. The summed E-state index contributed by atoms with van der Waals surface area (Å²) in [7, 11) is -2.24. The molecule has 10 heteroatoms. The van der Waals surface area contributed by atoms with Crippen LogP contribution < -0.4 is 10.5 Å². The number of anilines is 1. The summed E-state index contributed by atoms with van der Waals surface area (Å²) in [6, 6.07) is 4.81. The third kappa shape index (κ3) is 3.17. The molecule has 3 N–H and O–H groups in total. The van der Waals surface area contributed by atoms with E-state index in [4.69, 9.17) is 5.73 Å². The molecule has 0 aliphatic heterocycles. The Morgan fingerprint density at radius 3 is 2.76 bits per heavy atom. The highest BCUT2D eigenvalue weighted by atomic mass is 32.2. The molecule has 0 aliphatic carbocycles. The van der Waals surface area contributed by atoms with Crippen molar-refractivity contribution < 1.29 is 13.3 Å². The molecule has 0 saturated heterocycles. The van der Waals surface area contributed by atoms with Crippen LogP contribution in [-0.2, 0) is 23.6 Å². The van der Waals surface area contributed by atoms with Crippen molar-refractivity contribution in [2.75, 3.05) is 5.73 Å². The maximum absolute atomic E-state index is 12.1. The molecule has 0 spiro atoms. The molecule has 2 aromatic rings. The van der Waals surface area contributed by atoms with Crippen LogP contribution in [0, 0.1) is 10.1 Å². The third-order valence-corrected chi connectivity index (χ3v) is 4.25. The van der Waals surface area contributed by atoms with Crippen LogP contribution in [0.1, 0.15) is 5.56 Å². The molecule has 1 aromatic carbocycles. The number of sulfonamides is 1. The number of nitrogens with two attached hydrogens (primary N) is 1. The molecular weight excluding hydrogens is 298 g/mol. The number of aryl methyl sites for hydroxylation is 1. The van der Waals surface area contributed by atoms with Crippen LogP contribution in [0.2, 0.25) is 0 Å². The summed E-state index contributed by atoms with van der Waals surface area (Å²) in [5, 5.41) is 14.6. The van der Waals surface area contributed by atoms with Crippen molar-refractivity contribution in [1.82, 2.24) is 14.5 Å². The lowest BCUT2D eigenvalue weighted by atomic mass is 10.3. The van der Waals surface area contributed by atoms with Crippen molar-refractivity contribution in [3.63, 3.8) is 0 Å². The Morgan fingerprint density at radius 1 is 1.48 bits per heavy atom. The van der Waals surface area contributed by atoms with Crippen molar-refractivity contribution in [3.8, 4) is 0 Å². The number of aromatic nitrogens is 2. The Labute approximate surface area is 120 Å². The first kappa shape index (κ1) is 14.9. The van der Waals surface area contributed by atoms with Crippen LogP contribution in [0.4, 0.5) is 11.5 Å². The fraction of sp³-hybridized carbons (Fsp3) is 0.182. The molecule has 0 bridgehead atoms. The zero-order chi connectivity index (χ0) is 15.6. The van der Waals surface area contributed by atoms with E-state index in [1.165, 1.54) is 29.1 Å². The minimum absolute atomic E-state index is 0.0509. The summed E-state index contributed by atoms with van der Waals surface area (Å²) < 4.78 is 27.9. The minimum Gasteiger partial charge on any atom is -0.384 e. The van der Waals surface area contributed by atoms with E-state index in [0.717, 1.165) is 6.07 Å². The van der Waals surface area contributed by atoms with Gasteiger partial charge in [-0.3, -0.25) is 14.8 Å². The number of nitrogen functional groups attached to an aromatic ring is 1. The Morgan fingerprint density at radius 2 is 2.19 bits per heavy atom. The third-order valence-electron chi connectivity index (χ3n) is 2.86. The second kappa shape index (κ2) is 5.50. The molecule has 0 amide bonds. The van der Waals surface area contributed by atoms with Crippen molar-refractivity contribution in [1.29, 1.82) is 0 Å². The van der Waals surface area contributed by atoms with Gasteiger partial charge in [-0.1, -0.05) is 6.07 Å². The van der Waals surface area contributed by atoms with Gasteiger partial charge in [-0.05, 0) is 6.07 Å². The number of non-ortho nitro benzene ring substituents is 1. The van der Waals surface area contributed by atoms with Gasteiger partial charge in [0.05, 0.1) is 16.0 Å². The zero-order valence-electron chi connectivity index (χ0n) is 11.1. The summed E-state index contributed by atoms with van der Waals surface area (Å²) >= 11 is 0. The molecule has 1 heterocycles. The highest BCUT2D eigenvalue weighted by molar-refractivity contribution is 7.89. The first-order chi connectivity index (χ1) is 9.81. The number of benzene rings is 1. The summed E-state index contributed by atoms with van der Waals surface area (Å²) in [6.45, 7) is -0.0509. The van der Waals surface area contributed by atoms with E-state index in [1.54, 1.807) is 7.05 Å². The first-order valence-corrected chi connectivity index (χ1v) is 7.30. The van der Waals surface area contributed by atoms with Gasteiger partial charge in [0.2, 0.25) is 10.0 Å². The van der Waals surface area contributed by atoms with Crippen LogP contribution in [0.15, 0.2) is 35.4 Å². The molecule has 0 fully saturated rings. The van der Waals surface area contributed by atoms with E-state index in [9.17, 15) is 18.5 Å². The quantitative estimate of drug-likeness (QED) is 0.606. The lowest BCUT2D eigenvalue weighted by Crippen LogP contribution is -2.23. The number of rotatable bonds is 5. The fourth-order valence-corrected chi connectivity index (χ4v) is 2.69. The van der Waals surface area contributed by atoms with Gasteiger partial charge in [0.1, 0.15) is 5.82 Å². The van der Waals surface area contributed by atoms with E-state index in [1.807, 2.05) is 0 Å². The highest BCUT2D eigenvalue weighted by Crippen LogP contribution is 2.18. The van der Waals surface area contributed by atoms with Gasteiger partial charge in [0.15, 0.2) is 0 Å². The molecule has 0 atom stereocenters. The summed E-state index contributed by atoms with van der Waals surface area (Å²) in [4.78, 5) is 9.83. The number of nitro groups is 1. The normalized spacial score (nSPS) is 11.5. The number of nitrogens with zero attached hydrogens (tertiary/aromatic N) is 3. The molecule has 21 heavy (non-hydrogen) atoms. The van der Waals surface area contributed by atoms with Gasteiger partial charge in [0.25, 0.3) is 5.69 Å². The molecule has 9 nitrogen and oxygen atoms in total. The number of nitro benzene ring substituents is 1. The summed E-state index contributed by atoms with van der Waals surface area (Å²) in [6.07, 6.45) is 1.45. The molecule has 112 valence electrons. The highest BCUT2D eigenvalue weighted by Gasteiger charge is 2.18. The second-order valence-electron chi connectivity index (χ2n) is 4.26. The Bertz CT molecular complexity index is 784. The van der Waals surface area contributed by atoms with E-state index < -0.39 is 14.9 Å². The van der Waals surface area contributed by atoms with Crippen LogP contribution in [0.5, 0.6) is 0 Å². The average molecular weight is 311 g/mol. The monoisotopic (exact) mass is 311 g/mol. The van der Waals surface area contributed by atoms with Crippen molar-refractivity contribution in [3.05, 3.63) is 46.1 Å². The standard InChI is InChI=1S/C11H13N5O4S/c1-15-11(12)8(6-13-15)7-14-21(19,20)10-4-2-3-9(5-10)16(17)18/h2-6,14H,7,12H2,1H3. The van der Waals surface area contributed by atoms with E-state index >= 15 is 0 Å². The summed E-state index contributed by atoms with van der Waals surface area (Å²) in [5.41, 5.74) is 5.94. The lowest BCUT2D eigenvalue weighted by Gasteiger charge is -2.06. The van der Waals surface area contributed by atoms with Crippen molar-refractivity contribution >= 4 is 21.5 Å². The maximum atomic E-state index is 12.1. The van der Waals surface area contributed by atoms with Gasteiger partial charge >= 0.3 is 0 Å². The Balaban J connectivity index is 2.21. The predicted octanol–water partition coefficient (Wildman–Crippen LogP) is 0.389. The largest absolute Gasteiger partial charge is 0.384 e. The molecule has 0 aliphatic rings. The van der Waals surface area contributed by atoms with Crippen LogP contribution in [0.3, 0.4) is 0 Å². The Hall–Kier alpha value is -2.46. The van der Waals surface area contributed by atoms with Gasteiger partial charge in [-0.25, -0.2) is 13.1 Å². The van der Waals surface area contributed by atoms with Gasteiger partial charge in [-0.15, -0.1) is 0 Å². The molecule has 2 rings (SSSR count). The lowest BCUT2D eigenvalue weighted by molar-refractivity contribution is -0.385. The van der Waals surface area contributed by atoms with Crippen LogP contribution in [-0.4, -0.2) is 23.1 Å². The van der Waals surface area contributed by atoms with Gasteiger partial charge in [-0.2, -0.15) is 5.10 Å². The maximum Gasteiger partial charge on any atom is 0.270 e. The molecule has 0 unspecified atom stereocenters. The number of nitrogens with one attached hydrogen (secondary N) is 1. The zero-order valence-corrected chi connectivity index (χ0v) is 11.9. The van der Waals surface area contributed by atoms with Crippen molar-refractivity contribution in [2.24, 2.45) is 7.05 Å². The number of hydrogen-bond donors (Lipinski definition) is 2. The molecule has 1 aromatic heterocycles. The van der Waals surface area contributed by atoms with E-state index in [-0.39, 0.29) is 17.1 Å². The topological polar surface area (TPSA) is 133 Å². The Kier molecular flexibility index (Phi) is 3.91. The first-order valence-electron chi connectivity index (χ1n) is 5.82. The van der Waals surface area contributed by atoms with Crippen LogP contribution in [0.25, 0.3) is 0 Å². The second-order valence-corrected chi connectivity index (χ2v) is 6.02. The van der Waals surface area contributed by atoms with Crippen LogP contribution >= 0.6 is 0 Å². The minimum atomic E-state index is -3.87. The predicted molar refractivity (Wildman–Crippen MR) is 74.7 cm³/mol.